The van der Waals surface area contributed by atoms with Crippen LogP contribution in [0.5, 0.6) is 17.2 Å². The zero-order chi connectivity index (χ0) is 18.5. The van der Waals surface area contributed by atoms with Gasteiger partial charge in [0.2, 0.25) is 5.91 Å². The highest BCUT2D eigenvalue weighted by atomic mass is 35.5. The van der Waals surface area contributed by atoms with Crippen molar-refractivity contribution in [1.82, 2.24) is 5.32 Å². The van der Waals surface area contributed by atoms with Gasteiger partial charge in [-0.3, -0.25) is 4.79 Å². The van der Waals surface area contributed by atoms with Gasteiger partial charge in [-0.05, 0) is 55.3 Å². The molecule has 26 heavy (non-hydrogen) atoms. The number of hydrogen-bond acceptors (Lipinski definition) is 4. The zero-order valence-electron chi connectivity index (χ0n) is 14.9. The first kappa shape index (κ1) is 18.4. The molecule has 6 heteroatoms. The van der Waals surface area contributed by atoms with Crippen molar-refractivity contribution in [2.24, 2.45) is 5.92 Å². The number of fused-ring (bicyclic) bond motifs is 1. The molecule has 1 unspecified atom stereocenters. The van der Waals surface area contributed by atoms with Crippen molar-refractivity contribution in [2.75, 3.05) is 20.3 Å². The van der Waals surface area contributed by atoms with Crippen LogP contribution in [0.1, 0.15) is 18.1 Å². The number of amides is 1. The van der Waals surface area contributed by atoms with Crippen LogP contribution < -0.4 is 19.5 Å². The zero-order valence-corrected chi connectivity index (χ0v) is 15.6. The molecule has 0 bridgehead atoms. The first-order valence-electron chi connectivity index (χ1n) is 8.59. The molecule has 1 aliphatic rings. The van der Waals surface area contributed by atoms with Crippen molar-refractivity contribution in [3.8, 4) is 17.2 Å². The molecular weight excluding hydrogens is 354 g/mol. The van der Waals surface area contributed by atoms with E-state index < -0.39 is 0 Å². The Morgan fingerprint density at radius 2 is 2.15 bits per heavy atom. The van der Waals surface area contributed by atoms with Gasteiger partial charge in [0.05, 0.1) is 19.6 Å². The molecule has 2 aromatic rings. The van der Waals surface area contributed by atoms with E-state index in [1.807, 2.05) is 25.1 Å². The summed E-state index contributed by atoms with van der Waals surface area (Å²) in [7, 11) is 1.59. The second kappa shape index (κ2) is 8.32. The molecule has 0 aliphatic carbocycles. The first-order chi connectivity index (χ1) is 12.6. The summed E-state index contributed by atoms with van der Waals surface area (Å²) in [5.41, 5.74) is 1.83. The smallest absolute Gasteiger partial charge is 0.227 e. The third kappa shape index (κ3) is 4.22. The third-order valence-electron chi connectivity index (χ3n) is 4.32. The maximum Gasteiger partial charge on any atom is 0.227 e. The predicted octanol–water partition coefficient (Wildman–Crippen LogP) is 3.61. The Labute approximate surface area is 158 Å². The van der Waals surface area contributed by atoms with Crippen molar-refractivity contribution in [3.63, 3.8) is 0 Å². The molecular formula is C20H22ClNO4. The second-order valence-corrected chi connectivity index (χ2v) is 6.53. The van der Waals surface area contributed by atoms with Crippen molar-refractivity contribution < 1.29 is 19.0 Å². The van der Waals surface area contributed by atoms with Crippen molar-refractivity contribution in [2.45, 2.75) is 19.9 Å². The van der Waals surface area contributed by atoms with E-state index in [0.29, 0.717) is 37.0 Å². The number of nitrogens with one attached hydrogen (secondary N) is 1. The lowest BCUT2D eigenvalue weighted by Gasteiger charge is -2.25. The van der Waals surface area contributed by atoms with Crippen LogP contribution in [-0.4, -0.2) is 26.2 Å². The minimum Gasteiger partial charge on any atom is -0.496 e. The van der Waals surface area contributed by atoms with Gasteiger partial charge in [0, 0.05) is 17.1 Å². The molecule has 1 atom stereocenters. The van der Waals surface area contributed by atoms with E-state index in [4.69, 9.17) is 25.8 Å². The minimum atomic E-state index is -0.246. The lowest BCUT2D eigenvalue weighted by Crippen LogP contribution is -2.37. The molecule has 1 heterocycles. The van der Waals surface area contributed by atoms with Crippen LogP contribution in [0, 0.1) is 5.92 Å². The van der Waals surface area contributed by atoms with Gasteiger partial charge in [-0.15, -0.1) is 0 Å². The number of ether oxygens (including phenoxy) is 3. The average molecular weight is 376 g/mol. The summed E-state index contributed by atoms with van der Waals surface area (Å²) in [4.78, 5) is 12.6. The van der Waals surface area contributed by atoms with Crippen LogP contribution in [0.15, 0.2) is 36.4 Å². The Bertz CT molecular complexity index is 793. The van der Waals surface area contributed by atoms with Gasteiger partial charge < -0.3 is 19.5 Å². The lowest BCUT2D eigenvalue weighted by atomic mass is 9.95. The van der Waals surface area contributed by atoms with Crippen LogP contribution in [0.3, 0.4) is 0 Å². The van der Waals surface area contributed by atoms with Crippen molar-refractivity contribution in [1.29, 1.82) is 0 Å². The lowest BCUT2D eigenvalue weighted by molar-refractivity contribution is -0.126. The number of methoxy groups -OCH3 is 1. The van der Waals surface area contributed by atoms with E-state index >= 15 is 0 Å². The van der Waals surface area contributed by atoms with Crippen LogP contribution in [0.4, 0.5) is 0 Å². The number of hydrogen-bond donors (Lipinski definition) is 1. The second-order valence-electron chi connectivity index (χ2n) is 6.09. The van der Waals surface area contributed by atoms with Gasteiger partial charge in [-0.2, -0.15) is 0 Å². The first-order valence-corrected chi connectivity index (χ1v) is 8.97. The molecule has 0 saturated carbocycles. The number of benzene rings is 2. The summed E-state index contributed by atoms with van der Waals surface area (Å²) in [6.45, 7) is 3.26. The highest BCUT2D eigenvalue weighted by molar-refractivity contribution is 6.30. The number of halogens is 1. The number of carbonyl (C=O) groups is 1. The molecule has 0 radical (unpaired) electrons. The molecule has 1 aliphatic heterocycles. The van der Waals surface area contributed by atoms with Crippen molar-refractivity contribution >= 4 is 17.5 Å². The summed E-state index contributed by atoms with van der Waals surface area (Å²) < 4.78 is 16.6. The molecule has 2 aromatic carbocycles. The Morgan fingerprint density at radius 3 is 2.92 bits per heavy atom. The fourth-order valence-electron chi connectivity index (χ4n) is 3.01. The van der Waals surface area contributed by atoms with Gasteiger partial charge in [0.1, 0.15) is 23.9 Å². The Kier molecular flexibility index (Phi) is 5.89. The van der Waals surface area contributed by atoms with Crippen LogP contribution in [0.2, 0.25) is 5.02 Å². The summed E-state index contributed by atoms with van der Waals surface area (Å²) in [6, 6.07) is 11.1. The van der Waals surface area contributed by atoms with E-state index in [9.17, 15) is 4.79 Å². The Balaban J connectivity index is 1.64. The number of rotatable bonds is 6. The van der Waals surface area contributed by atoms with Gasteiger partial charge in [-0.25, -0.2) is 0 Å². The molecule has 5 nitrogen and oxygen atoms in total. The third-order valence-corrected chi connectivity index (χ3v) is 4.55. The fourth-order valence-corrected chi connectivity index (χ4v) is 3.20. The quantitative estimate of drug-likeness (QED) is 0.837. The Morgan fingerprint density at radius 1 is 1.31 bits per heavy atom. The van der Waals surface area contributed by atoms with Gasteiger partial charge in [0.25, 0.3) is 0 Å². The molecule has 0 fully saturated rings. The molecule has 0 saturated heterocycles. The van der Waals surface area contributed by atoms with Gasteiger partial charge in [0.15, 0.2) is 0 Å². The highest BCUT2D eigenvalue weighted by Gasteiger charge is 2.26. The monoisotopic (exact) mass is 375 g/mol. The van der Waals surface area contributed by atoms with E-state index in [1.54, 1.807) is 25.3 Å². The van der Waals surface area contributed by atoms with Crippen LogP contribution >= 0.6 is 11.6 Å². The molecule has 0 spiro atoms. The normalized spacial score (nSPS) is 15.6. The van der Waals surface area contributed by atoms with E-state index in [2.05, 4.69) is 5.32 Å². The van der Waals surface area contributed by atoms with E-state index in [-0.39, 0.29) is 11.8 Å². The fraction of sp³-hybridized carbons (Fsp3) is 0.350. The summed E-state index contributed by atoms with van der Waals surface area (Å²) in [5, 5.41) is 3.56. The summed E-state index contributed by atoms with van der Waals surface area (Å²) in [5.74, 6) is 2.00. The molecule has 3 rings (SSSR count). The van der Waals surface area contributed by atoms with E-state index in [1.165, 1.54) is 0 Å². The maximum atomic E-state index is 12.6. The standard InChI is InChI=1S/C20H22ClNO4/c1-3-25-17-5-7-19-13(10-17)8-15(12-26-19)20(23)22-11-14-9-16(21)4-6-18(14)24-2/h4-7,9-10,15H,3,8,11-12H2,1-2H3,(H,22,23). The average Bonchev–Trinajstić information content (AvgIpc) is 2.66. The van der Waals surface area contributed by atoms with Crippen LogP contribution in [0.25, 0.3) is 0 Å². The number of carbonyl (C=O) groups excluding carboxylic acids is 1. The largest absolute Gasteiger partial charge is 0.496 e. The van der Waals surface area contributed by atoms with Crippen molar-refractivity contribution in [3.05, 3.63) is 52.5 Å². The summed E-state index contributed by atoms with van der Waals surface area (Å²) >= 11 is 6.03. The molecule has 0 aromatic heterocycles. The Hall–Kier alpha value is -2.40. The SMILES string of the molecule is CCOc1ccc2c(c1)CC(C(=O)NCc1cc(Cl)ccc1OC)CO2. The van der Waals surface area contributed by atoms with Crippen LogP contribution in [-0.2, 0) is 17.8 Å². The van der Waals surface area contributed by atoms with Gasteiger partial charge in [-0.1, -0.05) is 11.6 Å². The minimum absolute atomic E-state index is 0.0560. The molecule has 138 valence electrons. The summed E-state index contributed by atoms with van der Waals surface area (Å²) in [6.07, 6.45) is 0.620. The van der Waals surface area contributed by atoms with E-state index in [0.717, 1.165) is 22.6 Å². The maximum absolute atomic E-state index is 12.6. The molecule has 1 N–H and O–H groups in total. The molecule has 1 amide bonds. The highest BCUT2D eigenvalue weighted by Crippen LogP contribution is 2.31. The topological polar surface area (TPSA) is 56.8 Å². The van der Waals surface area contributed by atoms with Gasteiger partial charge >= 0.3 is 0 Å². The predicted molar refractivity (Wildman–Crippen MR) is 100 cm³/mol.